The maximum Gasteiger partial charge on any atom is 0.319 e. The number of carbonyl (C=O) groups is 1. The molecule has 2 N–H and O–H groups in total. The summed E-state index contributed by atoms with van der Waals surface area (Å²) in [5, 5.41) is 4.73. The molecule has 2 aromatic carbocycles. The number of halogens is 2. The third-order valence-corrected chi connectivity index (χ3v) is 4.09. The Labute approximate surface area is 138 Å². The van der Waals surface area contributed by atoms with Crippen LogP contribution in [0.5, 0.6) is 0 Å². The van der Waals surface area contributed by atoms with E-state index in [0.29, 0.717) is 11.6 Å². The number of sulfone groups is 1. The highest BCUT2D eigenvalue weighted by Gasteiger charge is 2.20. The van der Waals surface area contributed by atoms with Gasteiger partial charge in [-0.1, -0.05) is 30.3 Å². The number of anilines is 1. The van der Waals surface area contributed by atoms with Gasteiger partial charge < -0.3 is 10.6 Å². The number of carbonyl (C=O) groups excluding carboxylic acids is 1. The maximum absolute atomic E-state index is 13.6. The summed E-state index contributed by atoms with van der Waals surface area (Å²) in [5.74, 6) is -2.00. The first-order valence-electron chi connectivity index (χ1n) is 7.00. The van der Waals surface area contributed by atoms with E-state index in [-0.39, 0.29) is 11.4 Å². The quantitative estimate of drug-likeness (QED) is 0.867. The van der Waals surface area contributed by atoms with E-state index in [1.807, 2.05) is 0 Å². The van der Waals surface area contributed by atoms with Crippen molar-refractivity contribution in [2.75, 3.05) is 17.3 Å². The van der Waals surface area contributed by atoms with E-state index in [1.165, 1.54) is 0 Å². The zero-order valence-electron chi connectivity index (χ0n) is 12.8. The monoisotopic (exact) mass is 354 g/mol. The van der Waals surface area contributed by atoms with Gasteiger partial charge in [0.1, 0.15) is 21.5 Å². The van der Waals surface area contributed by atoms with Gasteiger partial charge in [0.05, 0.1) is 17.5 Å². The van der Waals surface area contributed by atoms with Crippen molar-refractivity contribution >= 4 is 21.6 Å². The van der Waals surface area contributed by atoms with E-state index in [1.54, 1.807) is 30.3 Å². The molecular formula is C16H16F2N2O3S. The molecule has 8 heteroatoms. The van der Waals surface area contributed by atoms with Crippen LogP contribution in [0.1, 0.15) is 11.6 Å². The molecule has 0 unspecified atom stereocenters. The zero-order chi connectivity index (χ0) is 17.7. The lowest BCUT2D eigenvalue weighted by atomic mass is 10.1. The average molecular weight is 354 g/mol. The van der Waals surface area contributed by atoms with Gasteiger partial charge in [-0.05, 0) is 17.7 Å². The number of benzene rings is 2. The smallest absolute Gasteiger partial charge is 0.319 e. The molecule has 0 aromatic heterocycles. The summed E-state index contributed by atoms with van der Waals surface area (Å²) in [7, 11) is -3.37. The summed E-state index contributed by atoms with van der Waals surface area (Å²) in [6.07, 6.45) is 1.06. The van der Waals surface area contributed by atoms with Crippen LogP contribution in [0.15, 0.2) is 48.5 Å². The molecule has 1 atom stereocenters. The van der Waals surface area contributed by atoms with E-state index in [4.69, 9.17) is 0 Å². The molecule has 0 saturated heterocycles. The fraction of sp³-hybridized carbons (Fsp3) is 0.188. The molecule has 0 aliphatic carbocycles. The summed E-state index contributed by atoms with van der Waals surface area (Å²) < 4.78 is 49.6. The third kappa shape index (κ3) is 5.31. The Morgan fingerprint density at radius 1 is 1.12 bits per heavy atom. The van der Waals surface area contributed by atoms with Gasteiger partial charge in [0.2, 0.25) is 0 Å². The van der Waals surface area contributed by atoms with Gasteiger partial charge in [-0.3, -0.25) is 0 Å². The van der Waals surface area contributed by atoms with E-state index in [0.717, 1.165) is 18.4 Å². The predicted octanol–water partition coefficient (Wildman–Crippen LogP) is 2.87. The van der Waals surface area contributed by atoms with Gasteiger partial charge in [0, 0.05) is 12.3 Å². The van der Waals surface area contributed by atoms with Crippen LogP contribution >= 0.6 is 0 Å². The Kier molecular flexibility index (Phi) is 5.50. The number of amides is 2. The minimum Gasteiger partial charge on any atom is -0.330 e. The highest BCUT2D eigenvalue weighted by atomic mass is 32.2. The molecule has 0 saturated carbocycles. The van der Waals surface area contributed by atoms with Crippen molar-refractivity contribution in [3.05, 3.63) is 65.7 Å². The van der Waals surface area contributed by atoms with E-state index in [2.05, 4.69) is 10.6 Å². The number of hydrogen-bond acceptors (Lipinski definition) is 3. The van der Waals surface area contributed by atoms with Gasteiger partial charge in [-0.2, -0.15) is 0 Å². The van der Waals surface area contributed by atoms with Crippen molar-refractivity contribution in [3.8, 4) is 0 Å². The molecule has 0 bridgehead atoms. The fourth-order valence-corrected chi connectivity index (χ4v) is 3.00. The third-order valence-electron chi connectivity index (χ3n) is 3.16. The standard InChI is InChI=1S/C16H16F2N2O3S/c1-24(22,23)10-15(11-5-3-2-4-6-11)20-16(21)19-14-8-7-12(17)9-13(14)18/h2-9,15H,10H2,1H3,(H2,19,20,21)/t15-/m1/s1. The first-order chi connectivity index (χ1) is 11.2. The van der Waals surface area contributed by atoms with Crippen molar-refractivity contribution in [3.63, 3.8) is 0 Å². The number of nitrogens with one attached hydrogen (secondary N) is 2. The van der Waals surface area contributed by atoms with E-state index < -0.39 is 33.5 Å². The van der Waals surface area contributed by atoms with Crippen LogP contribution in [0.4, 0.5) is 19.3 Å². The van der Waals surface area contributed by atoms with Crippen LogP contribution in [-0.4, -0.2) is 26.5 Å². The lowest BCUT2D eigenvalue weighted by Gasteiger charge is -2.19. The molecule has 0 aliphatic heterocycles. The van der Waals surface area contributed by atoms with Crippen LogP contribution in [-0.2, 0) is 9.84 Å². The summed E-state index contributed by atoms with van der Waals surface area (Å²) in [6, 6.07) is 9.66. The molecular weight excluding hydrogens is 338 g/mol. The second-order valence-corrected chi connectivity index (χ2v) is 7.46. The predicted molar refractivity (Wildman–Crippen MR) is 87.4 cm³/mol. The SMILES string of the molecule is CS(=O)(=O)C[C@@H](NC(=O)Nc1ccc(F)cc1F)c1ccccc1. The van der Waals surface area contributed by atoms with Crippen molar-refractivity contribution in [1.82, 2.24) is 5.32 Å². The van der Waals surface area contributed by atoms with E-state index >= 15 is 0 Å². The Morgan fingerprint density at radius 2 is 1.79 bits per heavy atom. The Morgan fingerprint density at radius 3 is 2.38 bits per heavy atom. The van der Waals surface area contributed by atoms with Crippen molar-refractivity contribution < 1.29 is 22.0 Å². The van der Waals surface area contributed by atoms with Crippen LogP contribution in [0, 0.1) is 11.6 Å². The first kappa shape index (κ1) is 17.9. The molecule has 0 aliphatic rings. The molecule has 128 valence electrons. The van der Waals surface area contributed by atoms with Gasteiger partial charge in [-0.15, -0.1) is 0 Å². The second kappa shape index (κ2) is 7.39. The largest absolute Gasteiger partial charge is 0.330 e. The minimum atomic E-state index is -3.37. The van der Waals surface area contributed by atoms with Crippen molar-refractivity contribution in [2.24, 2.45) is 0 Å². The number of urea groups is 1. The van der Waals surface area contributed by atoms with Crippen molar-refractivity contribution in [1.29, 1.82) is 0 Å². The highest BCUT2D eigenvalue weighted by Crippen LogP contribution is 2.17. The zero-order valence-corrected chi connectivity index (χ0v) is 13.6. The van der Waals surface area contributed by atoms with Gasteiger partial charge >= 0.3 is 6.03 Å². The van der Waals surface area contributed by atoms with E-state index in [9.17, 15) is 22.0 Å². The van der Waals surface area contributed by atoms with Crippen LogP contribution < -0.4 is 10.6 Å². The molecule has 0 radical (unpaired) electrons. The second-order valence-electron chi connectivity index (χ2n) is 5.28. The first-order valence-corrected chi connectivity index (χ1v) is 9.06. The lowest BCUT2D eigenvalue weighted by molar-refractivity contribution is 0.249. The van der Waals surface area contributed by atoms with Gasteiger partial charge in [-0.25, -0.2) is 22.0 Å². The maximum atomic E-state index is 13.6. The summed E-state index contributed by atoms with van der Waals surface area (Å²) in [6.45, 7) is 0. The molecule has 2 rings (SSSR count). The lowest BCUT2D eigenvalue weighted by Crippen LogP contribution is -2.36. The van der Waals surface area contributed by atoms with Crippen molar-refractivity contribution in [2.45, 2.75) is 6.04 Å². The van der Waals surface area contributed by atoms with Crippen LogP contribution in [0.2, 0.25) is 0 Å². The van der Waals surface area contributed by atoms with Crippen LogP contribution in [0.3, 0.4) is 0 Å². The van der Waals surface area contributed by atoms with Gasteiger partial charge in [0.15, 0.2) is 0 Å². The summed E-state index contributed by atoms with van der Waals surface area (Å²) >= 11 is 0. The average Bonchev–Trinajstić information content (AvgIpc) is 2.49. The molecule has 0 fully saturated rings. The molecule has 24 heavy (non-hydrogen) atoms. The summed E-state index contributed by atoms with van der Waals surface area (Å²) in [4.78, 5) is 12.0. The normalized spacial score (nSPS) is 12.5. The fourth-order valence-electron chi connectivity index (χ4n) is 2.12. The molecule has 0 spiro atoms. The highest BCUT2D eigenvalue weighted by molar-refractivity contribution is 7.90. The molecule has 0 heterocycles. The number of rotatable bonds is 5. The topological polar surface area (TPSA) is 75.3 Å². The number of hydrogen-bond donors (Lipinski definition) is 2. The molecule has 2 amide bonds. The Balaban J connectivity index is 2.15. The Hall–Kier alpha value is -2.48. The van der Waals surface area contributed by atoms with Crippen LogP contribution in [0.25, 0.3) is 0 Å². The summed E-state index contributed by atoms with van der Waals surface area (Å²) in [5.41, 5.74) is 0.387. The molecule has 5 nitrogen and oxygen atoms in total. The Bertz CT molecular complexity index is 826. The minimum absolute atomic E-state index is 0.208. The van der Waals surface area contributed by atoms with Gasteiger partial charge in [0.25, 0.3) is 0 Å². The molecule has 2 aromatic rings.